The quantitative estimate of drug-likeness (QED) is 0.145. The van der Waals surface area contributed by atoms with Gasteiger partial charge in [-0.1, -0.05) is 217 Å². The number of rotatable bonds is 12. The molecule has 0 saturated heterocycles. The van der Waals surface area contributed by atoms with Crippen LogP contribution in [0.4, 0.5) is 0 Å². The van der Waals surface area contributed by atoms with E-state index in [2.05, 4.69) is 171 Å². The number of esters is 1. The standard InChI is InChI=1S/C76H80O3/c1-51-21-14-15-30-62(51)69-48-59(49-71-73(69)67-32-16-18-35-70(67)76(71,60-26-10-4-11-27-60)61-28-12-5-13-29-61)64-33-20-34-66(74(64)75(78)79-50-52-22-6-2-7-23-52)65-46-45-58(63-31-17-19-36-72(63)77)47-68(65)57-43-41-56(42-44-57)55-39-37-54(38-40-55)53-24-8-3-9-25-53/h2-4,6-11,15,17-19,22-24,26-28,30-31,33,35-39,41-43,48-49,51,53,55,57-58,62,66,69,73-74,77H,5,12-14,16,20-21,25,29,32,34,40,44-47,50H2,1H3. The van der Waals surface area contributed by atoms with Crippen LogP contribution in [0.5, 0.6) is 5.75 Å². The number of hydrogen-bond acceptors (Lipinski definition) is 3. The molecule has 3 aromatic carbocycles. The Hall–Kier alpha value is -6.71. The summed E-state index contributed by atoms with van der Waals surface area (Å²) >= 11 is 0. The highest BCUT2D eigenvalue weighted by Crippen LogP contribution is 2.65. The molecule has 0 amide bonds. The van der Waals surface area contributed by atoms with Gasteiger partial charge in [0.05, 0.1) is 11.3 Å². The molecule has 3 heteroatoms. The van der Waals surface area contributed by atoms with Crippen LogP contribution < -0.4 is 0 Å². The van der Waals surface area contributed by atoms with Gasteiger partial charge in [0, 0.05) is 23.7 Å². The van der Waals surface area contributed by atoms with Crippen molar-refractivity contribution in [2.24, 2.45) is 53.3 Å². The summed E-state index contributed by atoms with van der Waals surface area (Å²) in [4.78, 5) is 15.9. The molecule has 0 saturated carbocycles. The fourth-order valence-electron chi connectivity index (χ4n) is 16.6. The minimum atomic E-state index is -0.464. The van der Waals surface area contributed by atoms with Gasteiger partial charge in [0.2, 0.25) is 0 Å². The lowest BCUT2D eigenvalue weighted by molar-refractivity contribution is -0.150. The molecular weight excluding hydrogens is 961 g/mol. The molecule has 3 nitrogen and oxygen atoms in total. The molecule has 11 unspecified atom stereocenters. The number of phenolic OH excluding ortho intramolecular Hbond substituents is 1. The molecule has 10 aliphatic carbocycles. The van der Waals surface area contributed by atoms with E-state index in [0.717, 1.165) is 94.6 Å². The van der Waals surface area contributed by atoms with Gasteiger partial charge < -0.3 is 9.84 Å². The maximum absolute atomic E-state index is 15.9. The van der Waals surface area contributed by atoms with Crippen molar-refractivity contribution in [3.63, 3.8) is 0 Å². The first kappa shape index (κ1) is 51.7. The van der Waals surface area contributed by atoms with Crippen molar-refractivity contribution in [2.45, 2.75) is 128 Å². The van der Waals surface area contributed by atoms with Crippen molar-refractivity contribution in [3.05, 3.63) is 267 Å². The van der Waals surface area contributed by atoms with Crippen LogP contribution in [-0.4, -0.2) is 11.1 Å². The van der Waals surface area contributed by atoms with Crippen molar-refractivity contribution in [1.82, 2.24) is 0 Å². The zero-order valence-electron chi connectivity index (χ0n) is 46.5. The highest BCUT2D eigenvalue weighted by Gasteiger charge is 2.56. The highest BCUT2D eigenvalue weighted by atomic mass is 16.5. The first-order chi connectivity index (χ1) is 38.9. The molecule has 3 aromatic rings. The molecule has 1 N–H and O–H groups in total. The average molecular weight is 1040 g/mol. The number of carbonyl (C=O) groups is 1. The van der Waals surface area contributed by atoms with E-state index in [9.17, 15) is 5.11 Å². The Morgan fingerprint density at radius 2 is 1.43 bits per heavy atom. The summed E-state index contributed by atoms with van der Waals surface area (Å²) in [7, 11) is 0. The molecule has 0 heterocycles. The second kappa shape index (κ2) is 22.8. The number of allylic oxidation sites excluding steroid dienone is 27. The Labute approximate surface area is 471 Å². The van der Waals surface area contributed by atoms with Crippen LogP contribution in [0.2, 0.25) is 0 Å². The van der Waals surface area contributed by atoms with Crippen molar-refractivity contribution in [2.75, 3.05) is 0 Å². The molecule has 0 fully saturated rings. The zero-order chi connectivity index (χ0) is 53.3. The van der Waals surface area contributed by atoms with Crippen LogP contribution in [0.3, 0.4) is 0 Å². The molecule has 0 bridgehead atoms. The van der Waals surface area contributed by atoms with Gasteiger partial charge in [0.1, 0.15) is 12.4 Å². The smallest absolute Gasteiger partial charge is 0.314 e. The van der Waals surface area contributed by atoms with Gasteiger partial charge >= 0.3 is 5.97 Å². The number of benzene rings is 3. The topological polar surface area (TPSA) is 46.5 Å². The molecule has 13 rings (SSSR count). The molecule has 402 valence electrons. The summed E-state index contributed by atoms with van der Waals surface area (Å²) in [5.41, 5.74) is 17.6. The first-order valence-corrected chi connectivity index (χ1v) is 30.7. The lowest BCUT2D eigenvalue weighted by atomic mass is 9.58. The summed E-state index contributed by atoms with van der Waals surface area (Å²) in [6.07, 6.45) is 60.9. The van der Waals surface area contributed by atoms with Crippen molar-refractivity contribution in [1.29, 1.82) is 0 Å². The van der Waals surface area contributed by atoms with Gasteiger partial charge in [0.25, 0.3) is 0 Å². The van der Waals surface area contributed by atoms with E-state index >= 15 is 4.79 Å². The van der Waals surface area contributed by atoms with E-state index < -0.39 is 5.92 Å². The Kier molecular flexibility index (Phi) is 14.9. The molecule has 0 radical (unpaired) electrons. The monoisotopic (exact) mass is 1040 g/mol. The van der Waals surface area contributed by atoms with Gasteiger partial charge in [-0.2, -0.15) is 0 Å². The third kappa shape index (κ3) is 9.86. The SMILES string of the molecule is CC1CCC=CC1C1C=C(C2=CCCC(C3=C(C4C=CC(C5C=CC(C6C=CC=CC6)=CC5)=CC4)CC(c4ccccc4O)CC3)C2C(=O)OCc2ccccc2)C=C2C1C1=C(C=CCC1)C2(C1=CCCCC1)c1ccccc1. The summed E-state index contributed by atoms with van der Waals surface area (Å²) in [6.45, 7) is 2.75. The maximum Gasteiger partial charge on any atom is 0.314 e. The Bertz CT molecular complexity index is 3280. The van der Waals surface area contributed by atoms with Gasteiger partial charge in [-0.3, -0.25) is 4.79 Å². The minimum Gasteiger partial charge on any atom is -0.508 e. The largest absolute Gasteiger partial charge is 0.508 e. The first-order valence-electron chi connectivity index (χ1n) is 30.7. The highest BCUT2D eigenvalue weighted by molar-refractivity contribution is 5.80. The molecule has 10 aliphatic rings. The number of fused-ring (bicyclic) bond motifs is 2. The van der Waals surface area contributed by atoms with Crippen LogP contribution in [0.15, 0.2) is 250 Å². The number of para-hydroxylation sites is 1. The Morgan fingerprint density at radius 3 is 2.18 bits per heavy atom. The van der Waals surface area contributed by atoms with Crippen LogP contribution in [0.25, 0.3) is 0 Å². The third-order valence-electron chi connectivity index (χ3n) is 20.5. The van der Waals surface area contributed by atoms with Crippen molar-refractivity contribution >= 4 is 5.97 Å². The number of carbonyl (C=O) groups excluding carboxylic acids is 1. The maximum atomic E-state index is 15.9. The summed E-state index contributed by atoms with van der Waals surface area (Å²) < 4.78 is 6.69. The zero-order valence-corrected chi connectivity index (χ0v) is 46.5. The molecular formula is C76H80O3. The lowest BCUT2D eigenvalue weighted by Crippen LogP contribution is -2.38. The summed E-state index contributed by atoms with van der Waals surface area (Å²) in [6, 6.07) is 29.9. The fourth-order valence-corrected chi connectivity index (χ4v) is 16.6. The average Bonchev–Trinajstić information content (AvgIpc) is 3.43. The van der Waals surface area contributed by atoms with Crippen molar-refractivity contribution in [3.8, 4) is 5.75 Å². The normalized spacial score (nSPS) is 32.1. The molecule has 0 aromatic heterocycles. The van der Waals surface area contributed by atoms with E-state index in [1.807, 2.05) is 30.3 Å². The second-order valence-electron chi connectivity index (χ2n) is 24.7. The minimum absolute atomic E-state index is 0.0161. The number of hydrogen-bond donors (Lipinski definition) is 1. The van der Waals surface area contributed by atoms with Crippen LogP contribution in [0.1, 0.15) is 132 Å². The van der Waals surface area contributed by atoms with Gasteiger partial charge in [-0.15, -0.1) is 0 Å². The molecule has 0 spiro atoms. The predicted molar refractivity (Wildman–Crippen MR) is 324 cm³/mol. The lowest BCUT2D eigenvalue weighted by Gasteiger charge is -2.45. The second-order valence-corrected chi connectivity index (χ2v) is 24.7. The summed E-state index contributed by atoms with van der Waals surface area (Å²) in [5, 5.41) is 11.4. The van der Waals surface area contributed by atoms with E-state index in [4.69, 9.17) is 4.74 Å². The van der Waals surface area contributed by atoms with Crippen LogP contribution in [-0.2, 0) is 21.6 Å². The van der Waals surface area contributed by atoms with E-state index in [0.29, 0.717) is 29.4 Å². The van der Waals surface area contributed by atoms with Gasteiger partial charge in [-0.05, 0) is 189 Å². The Morgan fingerprint density at radius 1 is 0.646 bits per heavy atom. The van der Waals surface area contributed by atoms with Gasteiger partial charge in [-0.25, -0.2) is 0 Å². The number of ether oxygens (including phenoxy) is 1. The summed E-state index contributed by atoms with van der Waals surface area (Å²) in [5.74, 6) is 2.52. The van der Waals surface area contributed by atoms with Crippen LogP contribution >= 0.6 is 0 Å². The predicted octanol–water partition coefficient (Wildman–Crippen LogP) is 18.6. The third-order valence-corrected chi connectivity index (χ3v) is 20.5. The Balaban J connectivity index is 0.929. The van der Waals surface area contributed by atoms with Crippen LogP contribution in [0, 0.1) is 53.3 Å². The number of aromatic hydroxyl groups is 1. The van der Waals surface area contributed by atoms with Crippen molar-refractivity contribution < 1.29 is 14.6 Å². The van der Waals surface area contributed by atoms with E-state index in [1.54, 1.807) is 11.1 Å². The molecule has 0 aliphatic heterocycles. The van der Waals surface area contributed by atoms with Gasteiger partial charge in [0.15, 0.2) is 0 Å². The van der Waals surface area contributed by atoms with E-state index in [-0.39, 0.29) is 47.6 Å². The fraction of sp³-hybridized carbons (Fsp3) is 0.382. The van der Waals surface area contributed by atoms with E-state index in [1.165, 1.54) is 69.4 Å². The number of phenols is 1. The molecule has 11 atom stereocenters. The molecule has 79 heavy (non-hydrogen) atoms.